The lowest BCUT2D eigenvalue weighted by atomic mass is 9.84. The summed E-state index contributed by atoms with van der Waals surface area (Å²) in [6, 6.07) is 0.00370. The number of rotatable bonds is 4. The Balaban J connectivity index is 2.31. The average Bonchev–Trinajstić information content (AvgIpc) is 2.28. The zero-order valence-electron chi connectivity index (χ0n) is 10.8. The Morgan fingerprint density at radius 3 is 2.31 bits per heavy atom. The Morgan fingerprint density at radius 2 is 1.88 bits per heavy atom. The summed E-state index contributed by atoms with van der Waals surface area (Å²) in [5.41, 5.74) is 5.82. The summed E-state index contributed by atoms with van der Waals surface area (Å²) in [5.74, 6) is 1.11. The minimum Gasteiger partial charge on any atom is -0.352 e. The van der Waals surface area contributed by atoms with Gasteiger partial charge < -0.3 is 11.1 Å². The molecule has 0 aromatic carbocycles. The molecule has 0 aliphatic heterocycles. The summed E-state index contributed by atoms with van der Waals surface area (Å²) in [6.07, 6.45) is 6.01. The molecule has 1 atom stereocenters. The standard InChI is InChI=1S/C13H26N2O/c1-4-10-5-7-11(8-6-10)15-13(16)12(14)9(2)3/h9-12H,4-8,14H2,1-3H3,(H,15,16). The van der Waals surface area contributed by atoms with Crippen LogP contribution in [0.2, 0.25) is 0 Å². The highest BCUT2D eigenvalue weighted by atomic mass is 16.2. The van der Waals surface area contributed by atoms with E-state index in [0.717, 1.165) is 18.8 Å². The fourth-order valence-corrected chi connectivity index (χ4v) is 2.32. The fourth-order valence-electron chi connectivity index (χ4n) is 2.32. The van der Waals surface area contributed by atoms with E-state index in [2.05, 4.69) is 12.2 Å². The maximum atomic E-state index is 11.8. The van der Waals surface area contributed by atoms with Crippen molar-refractivity contribution < 1.29 is 4.79 Å². The third kappa shape index (κ3) is 3.78. The highest BCUT2D eigenvalue weighted by Gasteiger charge is 2.24. The average molecular weight is 226 g/mol. The van der Waals surface area contributed by atoms with Crippen molar-refractivity contribution in [1.82, 2.24) is 5.32 Å². The lowest BCUT2D eigenvalue weighted by Crippen LogP contribution is -2.48. The number of hydrogen-bond donors (Lipinski definition) is 2. The lowest BCUT2D eigenvalue weighted by molar-refractivity contribution is -0.124. The van der Waals surface area contributed by atoms with Gasteiger partial charge >= 0.3 is 0 Å². The molecule has 3 heteroatoms. The van der Waals surface area contributed by atoms with Crippen molar-refractivity contribution in [2.24, 2.45) is 17.6 Å². The summed E-state index contributed by atoms with van der Waals surface area (Å²) in [6.45, 7) is 6.22. The van der Waals surface area contributed by atoms with Crippen molar-refractivity contribution in [3.8, 4) is 0 Å². The van der Waals surface area contributed by atoms with E-state index in [-0.39, 0.29) is 17.9 Å². The first kappa shape index (κ1) is 13.5. The van der Waals surface area contributed by atoms with Crippen molar-refractivity contribution in [1.29, 1.82) is 0 Å². The van der Waals surface area contributed by atoms with E-state index in [1.807, 2.05) is 13.8 Å². The number of carbonyl (C=O) groups is 1. The SMILES string of the molecule is CCC1CCC(NC(=O)C(N)C(C)C)CC1. The van der Waals surface area contributed by atoms with Crippen molar-refractivity contribution in [2.75, 3.05) is 0 Å². The number of nitrogens with one attached hydrogen (secondary N) is 1. The second kappa shape index (κ2) is 6.24. The van der Waals surface area contributed by atoms with E-state index in [9.17, 15) is 4.79 Å². The third-order valence-corrected chi connectivity index (χ3v) is 3.79. The first-order valence-electron chi connectivity index (χ1n) is 6.60. The number of amides is 1. The summed E-state index contributed by atoms with van der Waals surface area (Å²) in [5, 5.41) is 3.08. The van der Waals surface area contributed by atoms with Crippen LogP contribution < -0.4 is 11.1 Å². The normalized spacial score (nSPS) is 27.8. The molecule has 0 radical (unpaired) electrons. The molecular weight excluding hydrogens is 200 g/mol. The third-order valence-electron chi connectivity index (χ3n) is 3.79. The molecule has 0 spiro atoms. The minimum atomic E-state index is -0.358. The van der Waals surface area contributed by atoms with Crippen LogP contribution in [0.5, 0.6) is 0 Å². The molecule has 1 saturated carbocycles. The van der Waals surface area contributed by atoms with E-state index >= 15 is 0 Å². The molecule has 3 N–H and O–H groups in total. The van der Waals surface area contributed by atoms with Crippen LogP contribution in [0.25, 0.3) is 0 Å². The summed E-state index contributed by atoms with van der Waals surface area (Å²) >= 11 is 0. The van der Waals surface area contributed by atoms with Crippen molar-refractivity contribution in [3.05, 3.63) is 0 Å². The molecule has 0 saturated heterocycles. The summed E-state index contributed by atoms with van der Waals surface area (Å²) in [4.78, 5) is 11.8. The molecule has 1 amide bonds. The first-order valence-corrected chi connectivity index (χ1v) is 6.60. The van der Waals surface area contributed by atoms with Crippen LogP contribution in [0, 0.1) is 11.8 Å². The topological polar surface area (TPSA) is 55.1 Å². The van der Waals surface area contributed by atoms with Crippen molar-refractivity contribution in [3.63, 3.8) is 0 Å². The van der Waals surface area contributed by atoms with Gasteiger partial charge in [-0.25, -0.2) is 0 Å². The van der Waals surface area contributed by atoms with Crippen molar-refractivity contribution in [2.45, 2.75) is 65.0 Å². The Morgan fingerprint density at radius 1 is 1.31 bits per heavy atom. The number of nitrogens with two attached hydrogens (primary N) is 1. The minimum absolute atomic E-state index is 0.0231. The van der Waals surface area contributed by atoms with Crippen LogP contribution in [-0.2, 0) is 4.79 Å². The summed E-state index contributed by atoms with van der Waals surface area (Å²) < 4.78 is 0. The van der Waals surface area contributed by atoms with Gasteiger partial charge in [0.2, 0.25) is 5.91 Å². The van der Waals surface area contributed by atoms with Gasteiger partial charge in [-0.05, 0) is 37.5 Å². The van der Waals surface area contributed by atoms with E-state index < -0.39 is 0 Å². The second-order valence-electron chi connectivity index (χ2n) is 5.40. The first-order chi connectivity index (χ1) is 7.54. The molecule has 0 aromatic heterocycles. The molecule has 1 aliphatic rings. The van der Waals surface area contributed by atoms with Gasteiger partial charge in [0.1, 0.15) is 0 Å². The zero-order chi connectivity index (χ0) is 12.1. The Labute approximate surface area is 99.2 Å². The van der Waals surface area contributed by atoms with Gasteiger partial charge in [-0.15, -0.1) is 0 Å². The Kier molecular flexibility index (Phi) is 5.26. The van der Waals surface area contributed by atoms with E-state index in [0.29, 0.717) is 6.04 Å². The van der Waals surface area contributed by atoms with Crippen LogP contribution in [0.3, 0.4) is 0 Å². The monoisotopic (exact) mass is 226 g/mol. The molecule has 1 fully saturated rings. The van der Waals surface area contributed by atoms with Crippen LogP contribution in [0.15, 0.2) is 0 Å². The molecule has 94 valence electrons. The van der Waals surface area contributed by atoms with Crippen LogP contribution >= 0.6 is 0 Å². The van der Waals surface area contributed by atoms with Gasteiger partial charge in [0.15, 0.2) is 0 Å². The van der Waals surface area contributed by atoms with Gasteiger partial charge in [-0.1, -0.05) is 27.2 Å². The van der Waals surface area contributed by atoms with Crippen LogP contribution in [-0.4, -0.2) is 18.0 Å². The Bertz CT molecular complexity index is 220. The molecule has 1 rings (SSSR count). The predicted molar refractivity (Wildman–Crippen MR) is 67.0 cm³/mol. The van der Waals surface area contributed by atoms with E-state index in [1.54, 1.807) is 0 Å². The quantitative estimate of drug-likeness (QED) is 0.771. The van der Waals surface area contributed by atoms with Gasteiger partial charge in [0, 0.05) is 6.04 Å². The molecule has 0 bridgehead atoms. The molecule has 0 aromatic rings. The van der Waals surface area contributed by atoms with Crippen LogP contribution in [0.1, 0.15) is 52.9 Å². The van der Waals surface area contributed by atoms with E-state index in [4.69, 9.17) is 5.73 Å². The number of hydrogen-bond acceptors (Lipinski definition) is 2. The predicted octanol–water partition coefficient (Wildman–Crippen LogP) is 2.05. The maximum Gasteiger partial charge on any atom is 0.237 e. The van der Waals surface area contributed by atoms with E-state index in [1.165, 1.54) is 19.3 Å². The van der Waals surface area contributed by atoms with Gasteiger partial charge in [0.05, 0.1) is 6.04 Å². The molecule has 1 aliphatic carbocycles. The molecule has 1 unspecified atom stereocenters. The number of carbonyl (C=O) groups excluding carboxylic acids is 1. The summed E-state index contributed by atoms with van der Waals surface area (Å²) in [7, 11) is 0. The molecule has 3 nitrogen and oxygen atoms in total. The van der Waals surface area contributed by atoms with Crippen LogP contribution in [0.4, 0.5) is 0 Å². The second-order valence-corrected chi connectivity index (χ2v) is 5.40. The largest absolute Gasteiger partial charge is 0.352 e. The fraction of sp³-hybridized carbons (Fsp3) is 0.923. The van der Waals surface area contributed by atoms with Crippen molar-refractivity contribution >= 4 is 5.91 Å². The molecule has 0 heterocycles. The lowest BCUT2D eigenvalue weighted by Gasteiger charge is -2.29. The Hall–Kier alpha value is -0.570. The van der Waals surface area contributed by atoms with Gasteiger partial charge in [-0.2, -0.15) is 0 Å². The van der Waals surface area contributed by atoms with Gasteiger partial charge in [-0.3, -0.25) is 4.79 Å². The zero-order valence-corrected chi connectivity index (χ0v) is 10.8. The molecule has 16 heavy (non-hydrogen) atoms. The smallest absolute Gasteiger partial charge is 0.237 e. The maximum absolute atomic E-state index is 11.8. The van der Waals surface area contributed by atoms with Gasteiger partial charge in [0.25, 0.3) is 0 Å². The molecular formula is C13H26N2O. The highest BCUT2D eigenvalue weighted by Crippen LogP contribution is 2.26. The highest BCUT2D eigenvalue weighted by molar-refractivity contribution is 5.82.